The normalized spacial score (nSPS) is 10.7. The van der Waals surface area contributed by atoms with Gasteiger partial charge in [-0.15, -0.1) is 11.6 Å². The van der Waals surface area contributed by atoms with Crippen LogP contribution < -0.4 is 0 Å². The minimum Gasteiger partial charge on any atom is -0.358 e. The van der Waals surface area contributed by atoms with Crippen molar-refractivity contribution < 1.29 is 13.7 Å². The fourth-order valence-electron chi connectivity index (χ4n) is 0.968. The monoisotopic (exact) mass is 300 g/mol. The zero-order valence-corrected chi connectivity index (χ0v) is 9.43. The second-order valence-electron chi connectivity index (χ2n) is 2.53. The van der Waals surface area contributed by atoms with Crippen LogP contribution in [-0.2, 0) is 5.88 Å². The van der Waals surface area contributed by atoms with Crippen molar-refractivity contribution in [2.24, 2.45) is 0 Å². The quantitative estimate of drug-likeness (QED) is 0.488. The number of alkyl halides is 3. The summed E-state index contributed by atoms with van der Waals surface area (Å²) in [6, 6.07) is 0. The zero-order valence-electron chi connectivity index (χ0n) is 7.08. The Bertz CT molecular complexity index is 403. The Kier molecular flexibility index (Phi) is 3.92. The van der Waals surface area contributed by atoms with Crippen molar-refractivity contribution in [1.82, 2.24) is 4.98 Å². The van der Waals surface area contributed by atoms with Crippen molar-refractivity contribution in [3.8, 4) is 0 Å². The summed E-state index contributed by atoms with van der Waals surface area (Å²) in [5.74, 6) is -0.906. The second kappa shape index (κ2) is 4.80. The number of hydrogen-bond acceptors (Lipinski definition) is 3. The fraction of sp³-hybridized carbons (Fsp3) is 0.286. The SMILES string of the molecule is O=[N+]([O-])c1ncc(CCl)c(Br)c1C(F)F. The maximum atomic E-state index is 12.5. The van der Waals surface area contributed by atoms with Gasteiger partial charge in [-0.1, -0.05) is 0 Å². The molecule has 4 nitrogen and oxygen atoms in total. The number of aromatic nitrogens is 1. The Labute approximate surface area is 96.5 Å². The van der Waals surface area contributed by atoms with Crippen LogP contribution in [0.25, 0.3) is 0 Å². The number of nitrogens with zero attached hydrogens (tertiary/aromatic N) is 2. The molecule has 1 rings (SSSR count). The maximum Gasteiger partial charge on any atom is 0.373 e. The topological polar surface area (TPSA) is 56.0 Å². The molecule has 0 spiro atoms. The Balaban J connectivity index is 3.44. The van der Waals surface area contributed by atoms with Crippen molar-refractivity contribution in [2.45, 2.75) is 12.3 Å². The molecule has 0 N–H and O–H groups in total. The number of pyridine rings is 1. The summed E-state index contributed by atoms with van der Waals surface area (Å²) in [6.07, 6.45) is -1.88. The summed E-state index contributed by atoms with van der Waals surface area (Å²) in [6.45, 7) is 0. The molecule has 1 heterocycles. The standard InChI is InChI=1S/C7H4BrClF2N2O2/c8-5-3(1-9)2-12-7(13(14)15)4(5)6(10)11/h2,6H,1H2. The van der Waals surface area contributed by atoms with E-state index in [1.54, 1.807) is 0 Å². The van der Waals surface area contributed by atoms with Gasteiger partial charge >= 0.3 is 5.82 Å². The highest BCUT2D eigenvalue weighted by Gasteiger charge is 2.28. The Hall–Kier alpha value is -0.820. The average molecular weight is 301 g/mol. The molecule has 0 radical (unpaired) electrons. The van der Waals surface area contributed by atoms with E-state index in [4.69, 9.17) is 11.6 Å². The van der Waals surface area contributed by atoms with Crippen LogP contribution in [0.3, 0.4) is 0 Å². The van der Waals surface area contributed by atoms with Crippen LogP contribution in [0, 0.1) is 10.1 Å². The van der Waals surface area contributed by atoms with Crippen LogP contribution in [0.15, 0.2) is 10.7 Å². The van der Waals surface area contributed by atoms with Crippen molar-refractivity contribution in [1.29, 1.82) is 0 Å². The molecule has 0 unspecified atom stereocenters. The van der Waals surface area contributed by atoms with Gasteiger partial charge < -0.3 is 10.1 Å². The summed E-state index contributed by atoms with van der Waals surface area (Å²) < 4.78 is 25.0. The molecule has 0 amide bonds. The molecule has 0 aliphatic heterocycles. The molecule has 1 aromatic rings. The number of hydrogen-bond donors (Lipinski definition) is 0. The van der Waals surface area contributed by atoms with Crippen molar-refractivity contribution in [3.05, 3.63) is 31.9 Å². The molecule has 8 heteroatoms. The van der Waals surface area contributed by atoms with Crippen LogP contribution in [0.1, 0.15) is 17.6 Å². The van der Waals surface area contributed by atoms with E-state index in [1.165, 1.54) is 0 Å². The van der Waals surface area contributed by atoms with E-state index in [9.17, 15) is 18.9 Å². The maximum absolute atomic E-state index is 12.5. The number of nitro groups is 1. The molecule has 0 aliphatic rings. The van der Waals surface area contributed by atoms with Gasteiger partial charge in [0.25, 0.3) is 6.43 Å². The van der Waals surface area contributed by atoms with Gasteiger partial charge in [0.15, 0.2) is 0 Å². The Morgan fingerprint density at radius 1 is 1.67 bits per heavy atom. The van der Waals surface area contributed by atoms with E-state index in [2.05, 4.69) is 20.9 Å². The highest BCUT2D eigenvalue weighted by Crippen LogP contribution is 2.36. The predicted molar refractivity (Wildman–Crippen MR) is 53.1 cm³/mol. The third-order valence-electron chi connectivity index (χ3n) is 1.64. The fourth-order valence-corrected chi connectivity index (χ4v) is 1.93. The van der Waals surface area contributed by atoms with Crippen LogP contribution in [0.4, 0.5) is 14.6 Å². The third-order valence-corrected chi connectivity index (χ3v) is 2.86. The van der Waals surface area contributed by atoms with E-state index >= 15 is 0 Å². The zero-order chi connectivity index (χ0) is 11.6. The Morgan fingerprint density at radius 3 is 2.67 bits per heavy atom. The van der Waals surface area contributed by atoms with E-state index in [-0.39, 0.29) is 15.9 Å². The third kappa shape index (κ3) is 2.40. The number of halogens is 4. The smallest absolute Gasteiger partial charge is 0.358 e. The summed E-state index contributed by atoms with van der Waals surface area (Å²) in [4.78, 5) is 12.8. The predicted octanol–water partition coefficient (Wildman–Crippen LogP) is 3.43. The molecule has 0 aromatic carbocycles. The largest absolute Gasteiger partial charge is 0.373 e. The first kappa shape index (κ1) is 12.3. The van der Waals surface area contributed by atoms with Crippen molar-refractivity contribution >= 4 is 33.3 Å². The van der Waals surface area contributed by atoms with Crippen LogP contribution in [0.5, 0.6) is 0 Å². The minimum atomic E-state index is -2.98. The van der Waals surface area contributed by atoms with Gasteiger partial charge in [-0.3, -0.25) is 0 Å². The minimum absolute atomic E-state index is 0.0503. The highest BCUT2D eigenvalue weighted by atomic mass is 79.9. The molecule has 0 aliphatic carbocycles. The van der Waals surface area contributed by atoms with E-state index in [1.807, 2.05) is 0 Å². The molecular formula is C7H4BrClF2N2O2. The van der Waals surface area contributed by atoms with Gasteiger partial charge in [-0.2, -0.15) is 0 Å². The summed E-state index contributed by atoms with van der Waals surface area (Å²) in [7, 11) is 0. The average Bonchev–Trinajstić information content (AvgIpc) is 2.16. The van der Waals surface area contributed by atoms with E-state index in [0.29, 0.717) is 0 Å². The molecule has 0 saturated heterocycles. The van der Waals surface area contributed by atoms with Crippen molar-refractivity contribution in [3.63, 3.8) is 0 Å². The van der Waals surface area contributed by atoms with E-state index in [0.717, 1.165) is 6.20 Å². The van der Waals surface area contributed by atoms with E-state index < -0.39 is 22.7 Å². The molecule has 0 atom stereocenters. The number of rotatable bonds is 3. The van der Waals surface area contributed by atoms with Gasteiger partial charge in [-0.05, 0) is 25.8 Å². The molecule has 0 fully saturated rings. The lowest BCUT2D eigenvalue weighted by Crippen LogP contribution is -2.02. The summed E-state index contributed by atoms with van der Waals surface area (Å²) in [5.41, 5.74) is -0.448. The second-order valence-corrected chi connectivity index (χ2v) is 3.59. The Morgan fingerprint density at radius 2 is 2.27 bits per heavy atom. The van der Waals surface area contributed by atoms with Gasteiger partial charge in [-0.25, -0.2) is 8.78 Å². The lowest BCUT2D eigenvalue weighted by atomic mass is 10.2. The first-order valence-electron chi connectivity index (χ1n) is 3.64. The van der Waals surface area contributed by atoms with Gasteiger partial charge in [0.2, 0.25) is 0 Å². The molecule has 15 heavy (non-hydrogen) atoms. The van der Waals surface area contributed by atoms with Crippen LogP contribution in [-0.4, -0.2) is 9.91 Å². The van der Waals surface area contributed by atoms with Crippen molar-refractivity contribution in [2.75, 3.05) is 0 Å². The first-order valence-corrected chi connectivity index (χ1v) is 4.97. The molecule has 82 valence electrons. The molecular weight excluding hydrogens is 297 g/mol. The summed E-state index contributed by atoms with van der Waals surface area (Å²) in [5, 5.41) is 10.4. The van der Waals surface area contributed by atoms with Crippen LogP contribution in [0.2, 0.25) is 0 Å². The van der Waals surface area contributed by atoms with Gasteiger partial charge in [0, 0.05) is 10.0 Å². The van der Waals surface area contributed by atoms with Gasteiger partial charge in [0.1, 0.15) is 11.8 Å². The molecule has 0 bridgehead atoms. The molecule has 1 aromatic heterocycles. The van der Waals surface area contributed by atoms with Crippen LogP contribution >= 0.6 is 27.5 Å². The first-order chi connectivity index (χ1) is 6.99. The van der Waals surface area contributed by atoms with Gasteiger partial charge in [0.05, 0.1) is 5.88 Å². The summed E-state index contributed by atoms with van der Waals surface area (Å²) >= 11 is 8.31. The lowest BCUT2D eigenvalue weighted by molar-refractivity contribution is -0.391. The lowest BCUT2D eigenvalue weighted by Gasteiger charge is -2.06. The highest BCUT2D eigenvalue weighted by molar-refractivity contribution is 9.10. The molecule has 0 saturated carbocycles.